The lowest BCUT2D eigenvalue weighted by atomic mass is 9.90. The second kappa shape index (κ2) is 9.49. The number of aromatic amines is 1. The van der Waals surface area contributed by atoms with Gasteiger partial charge in [0.25, 0.3) is 5.91 Å². The van der Waals surface area contributed by atoms with Crippen LogP contribution in [0.15, 0.2) is 61.2 Å². The standard InChI is InChI=1S/C26H22F2N8O/c27-15-8-9-20(29-12-15)26(37)33-16-4-3-5-17(10-16)36-23-11-21(24-31-14-32-35-24)30-13-22(23)34-25(36)18-6-1-2-7-19(18)28/h1-2,6-9,11-14,16-17H,3-5,10H2,(H,33,37)(H,31,32,35)/t16-,17+/m0/s1. The Hall–Kier alpha value is -4.54. The summed E-state index contributed by atoms with van der Waals surface area (Å²) in [6.45, 7) is 0. The monoisotopic (exact) mass is 500 g/mol. The van der Waals surface area contributed by atoms with Gasteiger partial charge in [0.2, 0.25) is 0 Å². The molecule has 5 aromatic rings. The van der Waals surface area contributed by atoms with Crippen LogP contribution in [0.4, 0.5) is 8.78 Å². The molecule has 1 aromatic carbocycles. The van der Waals surface area contributed by atoms with Crippen LogP contribution < -0.4 is 5.32 Å². The number of pyridine rings is 2. The number of nitrogens with zero attached hydrogens (tertiary/aromatic N) is 6. The number of benzene rings is 1. The number of imidazole rings is 1. The molecule has 11 heteroatoms. The highest BCUT2D eigenvalue weighted by atomic mass is 19.1. The van der Waals surface area contributed by atoms with Crippen LogP contribution in [0.2, 0.25) is 0 Å². The number of nitrogens with one attached hydrogen (secondary N) is 2. The highest BCUT2D eigenvalue weighted by Gasteiger charge is 2.29. The zero-order valence-corrected chi connectivity index (χ0v) is 19.6. The summed E-state index contributed by atoms with van der Waals surface area (Å²) in [5.74, 6) is -0.205. The molecule has 1 aliphatic rings. The van der Waals surface area contributed by atoms with Crippen molar-refractivity contribution in [2.24, 2.45) is 0 Å². The topological polar surface area (TPSA) is 114 Å². The van der Waals surface area contributed by atoms with Gasteiger partial charge in [0.15, 0.2) is 5.82 Å². The number of rotatable bonds is 5. The summed E-state index contributed by atoms with van der Waals surface area (Å²) in [5.41, 5.74) is 2.56. The van der Waals surface area contributed by atoms with E-state index in [1.165, 1.54) is 24.5 Å². The van der Waals surface area contributed by atoms with Gasteiger partial charge in [-0.2, -0.15) is 5.10 Å². The van der Waals surface area contributed by atoms with Crippen LogP contribution in [0.1, 0.15) is 42.2 Å². The number of carbonyl (C=O) groups excluding carboxylic acids is 1. The van der Waals surface area contributed by atoms with Gasteiger partial charge < -0.3 is 9.88 Å². The van der Waals surface area contributed by atoms with Crippen LogP contribution in [0.5, 0.6) is 0 Å². The first-order chi connectivity index (χ1) is 18.1. The maximum Gasteiger partial charge on any atom is 0.270 e. The van der Waals surface area contributed by atoms with Crippen molar-refractivity contribution in [1.82, 2.24) is 40.0 Å². The molecule has 1 amide bonds. The minimum atomic E-state index is -0.499. The number of hydrogen-bond acceptors (Lipinski definition) is 6. The largest absolute Gasteiger partial charge is 0.348 e. The predicted molar refractivity (Wildman–Crippen MR) is 131 cm³/mol. The highest BCUT2D eigenvalue weighted by Crippen LogP contribution is 2.37. The summed E-state index contributed by atoms with van der Waals surface area (Å²) < 4.78 is 30.2. The smallest absolute Gasteiger partial charge is 0.270 e. The molecule has 37 heavy (non-hydrogen) atoms. The molecular formula is C26H22F2N8O. The molecule has 1 saturated carbocycles. The Morgan fingerprint density at radius 3 is 2.73 bits per heavy atom. The number of fused-ring (bicyclic) bond motifs is 1. The van der Waals surface area contributed by atoms with E-state index in [4.69, 9.17) is 4.98 Å². The Balaban J connectivity index is 1.38. The summed E-state index contributed by atoms with van der Waals surface area (Å²) in [7, 11) is 0. The van der Waals surface area contributed by atoms with Crippen molar-refractivity contribution < 1.29 is 13.6 Å². The van der Waals surface area contributed by atoms with Crippen molar-refractivity contribution in [1.29, 1.82) is 0 Å². The van der Waals surface area contributed by atoms with Crippen molar-refractivity contribution in [3.05, 3.63) is 78.5 Å². The molecule has 0 unspecified atom stereocenters. The zero-order valence-electron chi connectivity index (χ0n) is 19.6. The van der Waals surface area contributed by atoms with Crippen molar-refractivity contribution in [3.8, 4) is 22.9 Å². The van der Waals surface area contributed by atoms with Gasteiger partial charge in [-0.3, -0.25) is 14.9 Å². The lowest BCUT2D eigenvalue weighted by Crippen LogP contribution is -2.39. The first-order valence-electron chi connectivity index (χ1n) is 12.0. The maximum absolute atomic E-state index is 14.9. The van der Waals surface area contributed by atoms with Crippen molar-refractivity contribution in [2.75, 3.05) is 0 Å². The fourth-order valence-electron chi connectivity index (χ4n) is 4.96. The summed E-state index contributed by atoms with van der Waals surface area (Å²) in [6, 6.07) is 10.8. The molecule has 1 fully saturated rings. The molecule has 9 nitrogen and oxygen atoms in total. The van der Waals surface area contributed by atoms with E-state index < -0.39 is 5.82 Å². The highest BCUT2D eigenvalue weighted by molar-refractivity contribution is 5.92. The second-order valence-corrected chi connectivity index (χ2v) is 9.03. The van der Waals surface area contributed by atoms with Gasteiger partial charge in [-0.15, -0.1) is 0 Å². The van der Waals surface area contributed by atoms with E-state index >= 15 is 0 Å². The lowest BCUT2D eigenvalue weighted by molar-refractivity contribution is 0.0916. The van der Waals surface area contributed by atoms with Gasteiger partial charge in [-0.25, -0.2) is 23.7 Å². The average Bonchev–Trinajstić information content (AvgIpc) is 3.57. The summed E-state index contributed by atoms with van der Waals surface area (Å²) in [4.78, 5) is 30.1. The van der Waals surface area contributed by atoms with E-state index in [0.717, 1.165) is 31.0 Å². The first-order valence-corrected chi connectivity index (χ1v) is 12.0. The van der Waals surface area contributed by atoms with Crippen LogP contribution in [0.25, 0.3) is 33.9 Å². The third-order valence-corrected chi connectivity index (χ3v) is 6.66. The van der Waals surface area contributed by atoms with E-state index in [2.05, 4.69) is 30.5 Å². The average molecular weight is 501 g/mol. The second-order valence-electron chi connectivity index (χ2n) is 9.03. The summed E-state index contributed by atoms with van der Waals surface area (Å²) >= 11 is 0. The summed E-state index contributed by atoms with van der Waals surface area (Å²) in [5, 5.41) is 9.76. The third kappa shape index (κ3) is 4.44. The molecule has 186 valence electrons. The van der Waals surface area contributed by atoms with Crippen LogP contribution in [0.3, 0.4) is 0 Å². The predicted octanol–water partition coefficient (Wildman–Crippen LogP) is 4.47. The molecule has 6 rings (SSSR count). The Morgan fingerprint density at radius 1 is 1.05 bits per heavy atom. The number of aromatic nitrogens is 7. The Labute approximate surface area is 210 Å². The molecule has 2 atom stereocenters. The minimum absolute atomic E-state index is 0.0650. The van der Waals surface area contributed by atoms with E-state index in [0.29, 0.717) is 34.8 Å². The van der Waals surface area contributed by atoms with Gasteiger partial charge >= 0.3 is 0 Å². The third-order valence-electron chi connectivity index (χ3n) is 6.66. The molecule has 4 aromatic heterocycles. The maximum atomic E-state index is 14.9. The van der Waals surface area contributed by atoms with E-state index in [1.54, 1.807) is 24.4 Å². The zero-order chi connectivity index (χ0) is 25.4. The molecular weight excluding hydrogens is 478 g/mol. The van der Waals surface area contributed by atoms with Crippen LogP contribution in [0, 0.1) is 11.6 Å². The molecule has 0 saturated heterocycles. The minimum Gasteiger partial charge on any atom is -0.348 e. The number of halogens is 2. The van der Waals surface area contributed by atoms with E-state index in [1.807, 2.05) is 10.6 Å². The molecule has 1 aliphatic carbocycles. The molecule has 4 heterocycles. The van der Waals surface area contributed by atoms with Gasteiger partial charge in [-0.1, -0.05) is 12.1 Å². The Kier molecular flexibility index (Phi) is 5.87. The number of H-pyrrole nitrogens is 1. The van der Waals surface area contributed by atoms with Gasteiger partial charge in [0, 0.05) is 12.1 Å². The number of hydrogen-bond donors (Lipinski definition) is 2. The van der Waals surface area contributed by atoms with Crippen molar-refractivity contribution in [3.63, 3.8) is 0 Å². The van der Waals surface area contributed by atoms with Crippen LogP contribution >= 0.6 is 0 Å². The normalized spacial score (nSPS) is 17.7. The van der Waals surface area contributed by atoms with Gasteiger partial charge in [0.05, 0.1) is 23.5 Å². The number of amides is 1. The quantitative estimate of drug-likeness (QED) is 0.368. The number of carbonyl (C=O) groups is 1. The van der Waals surface area contributed by atoms with Crippen molar-refractivity contribution >= 4 is 16.9 Å². The fourth-order valence-corrected chi connectivity index (χ4v) is 4.96. The Bertz CT molecular complexity index is 1570. The Morgan fingerprint density at radius 2 is 1.95 bits per heavy atom. The van der Waals surface area contributed by atoms with Crippen LogP contribution in [-0.4, -0.2) is 46.6 Å². The molecule has 0 aliphatic heterocycles. The molecule has 0 radical (unpaired) electrons. The van der Waals surface area contributed by atoms with Crippen LogP contribution in [-0.2, 0) is 0 Å². The fraction of sp³-hybridized carbons (Fsp3) is 0.231. The van der Waals surface area contributed by atoms with Gasteiger partial charge in [0.1, 0.15) is 40.7 Å². The molecule has 0 spiro atoms. The van der Waals surface area contributed by atoms with Gasteiger partial charge in [-0.05, 0) is 56.0 Å². The molecule has 2 N–H and O–H groups in total. The van der Waals surface area contributed by atoms with Crippen molar-refractivity contribution in [2.45, 2.75) is 37.8 Å². The first kappa shape index (κ1) is 22.9. The van der Waals surface area contributed by atoms with E-state index in [-0.39, 0.29) is 29.5 Å². The van der Waals surface area contributed by atoms with E-state index in [9.17, 15) is 13.6 Å². The molecule has 0 bridgehead atoms. The summed E-state index contributed by atoms with van der Waals surface area (Å²) in [6.07, 6.45) is 7.16. The SMILES string of the molecule is O=C(N[C@H]1CCC[C@@H](n2c(-c3ccccc3F)nc3cnc(-c4ncn[nH]4)cc32)C1)c1ccc(F)cn1. The lowest BCUT2D eigenvalue weighted by Gasteiger charge is -2.32.